The summed E-state index contributed by atoms with van der Waals surface area (Å²) in [4.78, 5) is 19.2. The third-order valence-corrected chi connectivity index (χ3v) is 0.290. The molecule has 0 saturated heterocycles. The van der Waals surface area contributed by atoms with Crippen molar-refractivity contribution < 1.29 is 78.9 Å². The molecule has 0 fully saturated rings. The first-order chi connectivity index (χ1) is 3.63. The molecule has 0 aromatic rings. The van der Waals surface area contributed by atoms with Gasteiger partial charge in [-0.2, -0.15) is 0 Å². The molecule has 4 nitrogen and oxygen atoms in total. The summed E-state index contributed by atoms with van der Waals surface area (Å²) < 4.78 is 0. The molecule has 0 radical (unpaired) electrons. The van der Waals surface area contributed by atoms with Crippen LogP contribution < -0.4 is 59.1 Å². The van der Waals surface area contributed by atoms with Gasteiger partial charge in [-0.05, 0) is 0 Å². The number of carbonyl (C=O) groups is 2. The zero-order valence-corrected chi connectivity index (χ0v) is 9.82. The average molecular weight is 163 g/mol. The topological polar surface area (TPSA) is 79.9 Å². The Morgan fingerprint density at radius 2 is 1.10 bits per heavy atom. The summed E-state index contributed by atoms with van der Waals surface area (Å²) >= 11 is 0. The fourth-order valence-corrected chi connectivity index (χ4v) is 0.114. The van der Waals surface area contributed by atoms with Gasteiger partial charge in [-0.25, -0.2) is 0 Å². The van der Waals surface area contributed by atoms with Gasteiger partial charge in [0.15, 0.2) is 0 Å². The van der Waals surface area contributed by atoms with Crippen LogP contribution in [0.15, 0.2) is 0 Å². The van der Waals surface area contributed by atoms with Crippen LogP contribution in [0.5, 0.6) is 0 Å². The van der Waals surface area contributed by atoms with Crippen molar-refractivity contribution in [3.05, 3.63) is 0 Å². The Labute approximate surface area is 102 Å². The second kappa shape index (κ2) is 9.50. The van der Waals surface area contributed by atoms with E-state index in [1.807, 2.05) is 0 Å². The summed E-state index contributed by atoms with van der Waals surface area (Å²) in [5, 5.41) is 12.2. The molecule has 0 amide bonds. The van der Waals surface area contributed by atoms with Crippen molar-refractivity contribution in [1.29, 1.82) is 0 Å². The quantitative estimate of drug-likeness (QED) is 0.154. The first-order valence-corrected chi connectivity index (χ1v) is 1.66. The number of carbonyl (C=O) groups excluding carboxylic acids is 2. The molecule has 0 spiro atoms. The monoisotopic (exact) mass is 163 g/mol. The minimum absolute atomic E-state index is 0. The molecule has 42 valence electrons. The van der Waals surface area contributed by atoms with E-state index in [0.717, 1.165) is 0 Å². The van der Waals surface area contributed by atoms with Crippen LogP contribution >= 0.6 is 0 Å². The molecule has 0 unspecified atom stereocenters. The van der Waals surface area contributed by atoms with Crippen molar-refractivity contribution >= 4 is 11.9 Å². The van der Waals surface area contributed by atoms with Crippen LogP contribution in [0.25, 0.3) is 0 Å². The maximum absolute atomic E-state index is 9.61. The predicted octanol–water partition coefficient (Wildman–Crippen LogP) is -8.50. The minimum atomic E-state index is -1.15. The summed E-state index contributed by atoms with van der Waals surface area (Å²) in [6, 6.07) is 0. The van der Waals surface area contributed by atoms with Crippen molar-refractivity contribution in [3.8, 4) is 11.8 Å². The van der Waals surface area contributed by atoms with E-state index in [2.05, 4.69) is 0 Å². The SMILES string of the molecule is O=C([OH2+])C#[13C]C(=O)[OH2+].[Na+].[Na+]. The van der Waals surface area contributed by atoms with Crippen molar-refractivity contribution in [2.45, 2.75) is 0 Å². The zero-order valence-electron chi connectivity index (χ0n) is 5.82. The molecule has 0 aliphatic carbocycles. The van der Waals surface area contributed by atoms with Gasteiger partial charge < -0.3 is 10.2 Å². The molecule has 0 aromatic carbocycles. The van der Waals surface area contributed by atoms with Gasteiger partial charge in [0, 0.05) is 0 Å². The maximum atomic E-state index is 9.61. The summed E-state index contributed by atoms with van der Waals surface area (Å²) in [5.41, 5.74) is 0. The van der Waals surface area contributed by atoms with Gasteiger partial charge >= 0.3 is 71.1 Å². The molecule has 0 aliphatic heterocycles. The van der Waals surface area contributed by atoms with Crippen LogP contribution in [0.2, 0.25) is 0 Å². The van der Waals surface area contributed by atoms with Crippen LogP contribution in [0.1, 0.15) is 0 Å². The summed E-state index contributed by atoms with van der Waals surface area (Å²) in [5.74, 6) is 0.876. The first kappa shape index (κ1) is 16.8. The second-order valence-corrected chi connectivity index (χ2v) is 0.908. The minimum Gasteiger partial charge on any atom is -0.555 e. The van der Waals surface area contributed by atoms with Gasteiger partial charge in [0.05, 0.1) is 9.59 Å². The van der Waals surface area contributed by atoms with E-state index in [4.69, 9.17) is 10.2 Å². The van der Waals surface area contributed by atoms with Crippen LogP contribution in [-0.4, -0.2) is 22.2 Å². The Morgan fingerprint density at radius 3 is 1.20 bits per heavy atom. The molecular formula is C4H4Na2O4+4. The van der Waals surface area contributed by atoms with E-state index in [0.29, 0.717) is 0 Å². The zero-order chi connectivity index (χ0) is 6.57. The Hall–Kier alpha value is 0.500. The van der Waals surface area contributed by atoms with Gasteiger partial charge in [-0.3, -0.25) is 0 Å². The molecule has 10 heavy (non-hydrogen) atoms. The molecule has 0 atom stereocenters. The fraction of sp³-hybridized carbons (Fsp3) is 0. The Kier molecular flexibility index (Phi) is 16.0. The van der Waals surface area contributed by atoms with Gasteiger partial charge in [0.25, 0.3) is 0 Å². The van der Waals surface area contributed by atoms with Gasteiger partial charge in [0.1, 0.15) is 11.8 Å². The standard InChI is InChI=1S/C4H2O4.2Na/c5-3(6)1-2-4(7)8;;/h(H,5,6)(H,7,8);;/q;2*+1/p+2/i1+1;;. The fourth-order valence-electron chi connectivity index (χ4n) is 0.114. The molecule has 0 aliphatic rings. The van der Waals surface area contributed by atoms with Crippen LogP contribution in [-0.2, 0) is 9.59 Å². The molecule has 0 aromatic heterocycles. The molecule has 4 N–H and O–H groups in total. The predicted molar refractivity (Wildman–Crippen MR) is 25.0 cm³/mol. The number of rotatable bonds is 0. The van der Waals surface area contributed by atoms with Crippen molar-refractivity contribution in [1.82, 2.24) is 0 Å². The molecule has 6 heteroatoms. The Balaban J connectivity index is -0.000000245. The normalized spacial score (nSPS) is 5.20. The smallest absolute Gasteiger partial charge is 0.555 e. The van der Waals surface area contributed by atoms with Crippen molar-refractivity contribution in [3.63, 3.8) is 0 Å². The third-order valence-electron chi connectivity index (χ3n) is 0.290. The van der Waals surface area contributed by atoms with E-state index in [1.165, 1.54) is 0 Å². The summed E-state index contributed by atoms with van der Waals surface area (Å²) in [6.45, 7) is 0. The van der Waals surface area contributed by atoms with Gasteiger partial charge in [-0.1, -0.05) is 0 Å². The first-order valence-electron chi connectivity index (χ1n) is 1.66. The largest absolute Gasteiger partial charge is 1.00 e. The van der Waals surface area contributed by atoms with Gasteiger partial charge in [-0.15, -0.1) is 0 Å². The summed E-state index contributed by atoms with van der Waals surface area (Å²) in [6.07, 6.45) is 0. The van der Waals surface area contributed by atoms with Crippen LogP contribution in [0.3, 0.4) is 0 Å². The Morgan fingerprint density at radius 1 is 0.900 bits per heavy atom. The van der Waals surface area contributed by atoms with E-state index >= 15 is 0 Å². The maximum Gasteiger partial charge on any atom is 1.00 e. The third kappa shape index (κ3) is 15.8. The summed E-state index contributed by atoms with van der Waals surface area (Å²) in [7, 11) is 0. The number of hydrogen-bond donors (Lipinski definition) is 0. The van der Waals surface area contributed by atoms with E-state index in [-0.39, 0.29) is 59.1 Å². The van der Waals surface area contributed by atoms with Gasteiger partial charge in [0.2, 0.25) is 0 Å². The van der Waals surface area contributed by atoms with E-state index in [1.54, 1.807) is 11.8 Å². The van der Waals surface area contributed by atoms with Crippen molar-refractivity contribution in [2.24, 2.45) is 0 Å². The number of hydrogen-bond acceptors (Lipinski definition) is 2. The molecule has 0 rings (SSSR count). The van der Waals surface area contributed by atoms with Crippen LogP contribution in [0.4, 0.5) is 0 Å². The van der Waals surface area contributed by atoms with E-state index in [9.17, 15) is 9.59 Å². The molecular weight excluding hydrogens is 159 g/mol. The average Bonchev–Trinajstić information content (AvgIpc) is 1.61. The second-order valence-electron chi connectivity index (χ2n) is 0.908. The van der Waals surface area contributed by atoms with E-state index < -0.39 is 11.9 Å². The molecule has 0 saturated carbocycles. The van der Waals surface area contributed by atoms with Crippen molar-refractivity contribution in [2.75, 3.05) is 0 Å². The molecule has 0 heterocycles. The molecule has 0 bridgehead atoms. The van der Waals surface area contributed by atoms with Crippen LogP contribution in [0, 0.1) is 11.8 Å². The Bertz CT molecular complexity index is 159.